The summed E-state index contributed by atoms with van der Waals surface area (Å²) in [5.74, 6) is -0.0516. The first-order valence-corrected chi connectivity index (χ1v) is 10.6. The summed E-state index contributed by atoms with van der Waals surface area (Å²) in [5, 5.41) is 4.32. The Bertz CT molecular complexity index is 909. The van der Waals surface area contributed by atoms with E-state index in [-0.39, 0.29) is 5.91 Å². The number of carbonyl (C=O) groups excluding carboxylic acids is 2. The molecular formula is C24H31N3O3. The molecule has 1 saturated heterocycles. The number of aromatic nitrogens is 2. The number of aryl methyl sites for hydroxylation is 2. The first-order valence-electron chi connectivity index (χ1n) is 10.6. The number of hydrogen-bond donors (Lipinski definition) is 0. The fourth-order valence-corrected chi connectivity index (χ4v) is 4.01. The minimum atomic E-state index is -0.788. The van der Waals surface area contributed by atoms with Crippen molar-refractivity contribution < 1.29 is 14.3 Å². The highest BCUT2D eigenvalue weighted by Crippen LogP contribution is 2.22. The van der Waals surface area contributed by atoms with Gasteiger partial charge in [-0.1, -0.05) is 30.3 Å². The van der Waals surface area contributed by atoms with Crippen LogP contribution in [0.15, 0.2) is 36.4 Å². The zero-order valence-corrected chi connectivity index (χ0v) is 18.3. The van der Waals surface area contributed by atoms with Crippen LogP contribution in [-0.2, 0) is 27.8 Å². The number of piperidine rings is 1. The molecule has 1 atom stereocenters. The largest absolute Gasteiger partial charge is 0.449 e. The van der Waals surface area contributed by atoms with Crippen molar-refractivity contribution in [2.24, 2.45) is 13.0 Å². The van der Waals surface area contributed by atoms with Crippen molar-refractivity contribution in [2.45, 2.75) is 46.1 Å². The molecule has 0 aliphatic carbocycles. The van der Waals surface area contributed by atoms with Crippen LogP contribution in [0, 0.1) is 19.8 Å². The molecule has 30 heavy (non-hydrogen) atoms. The van der Waals surface area contributed by atoms with E-state index in [1.165, 1.54) is 11.6 Å². The van der Waals surface area contributed by atoms with Gasteiger partial charge >= 0.3 is 5.97 Å². The molecule has 1 aliphatic rings. The molecule has 0 unspecified atom stereocenters. The zero-order chi connectivity index (χ0) is 21.7. The van der Waals surface area contributed by atoms with Gasteiger partial charge in [-0.3, -0.25) is 9.48 Å². The van der Waals surface area contributed by atoms with Crippen LogP contribution in [0.2, 0.25) is 0 Å². The number of amides is 1. The van der Waals surface area contributed by atoms with E-state index < -0.39 is 12.1 Å². The topological polar surface area (TPSA) is 64.4 Å². The van der Waals surface area contributed by atoms with E-state index in [0.717, 1.165) is 36.2 Å². The van der Waals surface area contributed by atoms with Gasteiger partial charge in [-0.25, -0.2) is 4.79 Å². The highest BCUT2D eigenvalue weighted by atomic mass is 16.5. The van der Waals surface area contributed by atoms with Crippen LogP contribution >= 0.6 is 0 Å². The number of likely N-dealkylation sites (tertiary alicyclic amines) is 1. The van der Waals surface area contributed by atoms with Gasteiger partial charge < -0.3 is 9.64 Å². The van der Waals surface area contributed by atoms with Gasteiger partial charge in [0.25, 0.3) is 5.91 Å². The molecule has 6 nitrogen and oxygen atoms in total. The molecule has 2 aromatic rings. The molecule has 1 aromatic carbocycles. The van der Waals surface area contributed by atoms with Gasteiger partial charge in [0.15, 0.2) is 6.10 Å². The van der Waals surface area contributed by atoms with Gasteiger partial charge in [0.05, 0.1) is 5.69 Å². The summed E-state index contributed by atoms with van der Waals surface area (Å²) in [5.41, 5.74) is 4.06. The van der Waals surface area contributed by atoms with Gasteiger partial charge in [-0.05, 0) is 57.6 Å². The predicted octanol–water partition coefficient (Wildman–Crippen LogP) is 3.46. The minimum absolute atomic E-state index is 0.122. The molecule has 0 radical (unpaired) electrons. The number of nitrogens with zero attached hydrogens (tertiary/aromatic N) is 3. The second kappa shape index (κ2) is 9.74. The van der Waals surface area contributed by atoms with Crippen LogP contribution in [0.3, 0.4) is 0 Å². The Morgan fingerprint density at radius 3 is 2.47 bits per heavy atom. The van der Waals surface area contributed by atoms with Crippen molar-refractivity contribution in [3.63, 3.8) is 0 Å². The van der Waals surface area contributed by atoms with Gasteiger partial charge in [0, 0.05) is 37.5 Å². The Hall–Kier alpha value is -2.89. The van der Waals surface area contributed by atoms with E-state index in [0.29, 0.717) is 19.0 Å². The maximum atomic E-state index is 12.7. The van der Waals surface area contributed by atoms with E-state index in [1.54, 1.807) is 17.7 Å². The molecule has 0 bridgehead atoms. The highest BCUT2D eigenvalue weighted by molar-refractivity contribution is 5.90. The normalized spacial score (nSPS) is 16.1. The summed E-state index contributed by atoms with van der Waals surface area (Å²) in [4.78, 5) is 26.7. The summed E-state index contributed by atoms with van der Waals surface area (Å²) in [6, 6.07) is 10.5. The van der Waals surface area contributed by atoms with Crippen LogP contribution < -0.4 is 0 Å². The molecule has 3 rings (SSSR count). The Kier molecular flexibility index (Phi) is 7.08. The molecule has 160 valence electrons. The molecular weight excluding hydrogens is 378 g/mol. The predicted molar refractivity (Wildman–Crippen MR) is 117 cm³/mol. The molecule has 6 heteroatoms. The van der Waals surface area contributed by atoms with Crippen molar-refractivity contribution in [1.82, 2.24) is 14.7 Å². The zero-order valence-electron chi connectivity index (χ0n) is 18.3. The maximum absolute atomic E-state index is 12.7. The van der Waals surface area contributed by atoms with Crippen molar-refractivity contribution in [2.75, 3.05) is 13.1 Å². The fourth-order valence-electron chi connectivity index (χ4n) is 4.01. The van der Waals surface area contributed by atoms with Crippen LogP contribution in [0.4, 0.5) is 0 Å². The second-order valence-corrected chi connectivity index (χ2v) is 8.08. The average Bonchev–Trinajstić information content (AvgIpc) is 2.98. The van der Waals surface area contributed by atoms with E-state index in [9.17, 15) is 9.59 Å². The molecule has 1 fully saturated rings. The first kappa shape index (κ1) is 21.8. The SMILES string of the molecule is Cc1nn(C)c(C)c1/C=C/C(=O)O[C@@H](C)C(=O)N1CCC(Cc2ccccc2)CC1. The minimum Gasteiger partial charge on any atom is -0.449 e. The van der Waals surface area contributed by atoms with Gasteiger partial charge in [0.1, 0.15) is 0 Å². The van der Waals surface area contributed by atoms with Crippen LogP contribution in [-0.4, -0.2) is 45.8 Å². The lowest BCUT2D eigenvalue weighted by molar-refractivity contribution is -0.156. The number of esters is 1. The van der Waals surface area contributed by atoms with Gasteiger partial charge in [-0.2, -0.15) is 5.10 Å². The van der Waals surface area contributed by atoms with Crippen molar-refractivity contribution in [1.29, 1.82) is 0 Å². The molecule has 2 heterocycles. The number of hydrogen-bond acceptors (Lipinski definition) is 4. The third kappa shape index (κ3) is 5.38. The van der Waals surface area contributed by atoms with Crippen molar-refractivity contribution in [3.05, 3.63) is 58.9 Å². The van der Waals surface area contributed by atoms with E-state index in [2.05, 4.69) is 29.4 Å². The standard InChI is InChI=1S/C24H31N3O3/c1-17-22(18(2)26(4)25-17)10-11-23(28)30-19(3)24(29)27-14-12-21(13-15-27)16-20-8-6-5-7-9-20/h5-11,19,21H,12-16H2,1-4H3/b11-10+/t19-/m0/s1. The lowest BCUT2D eigenvalue weighted by Gasteiger charge is -2.33. The average molecular weight is 410 g/mol. The molecule has 1 aromatic heterocycles. The lowest BCUT2D eigenvalue weighted by atomic mass is 9.90. The van der Waals surface area contributed by atoms with E-state index in [1.807, 2.05) is 31.9 Å². The Balaban J connectivity index is 1.47. The van der Waals surface area contributed by atoms with E-state index in [4.69, 9.17) is 4.74 Å². The molecule has 1 amide bonds. The molecule has 0 saturated carbocycles. The third-order valence-corrected chi connectivity index (χ3v) is 5.89. The number of carbonyl (C=O) groups is 2. The lowest BCUT2D eigenvalue weighted by Crippen LogP contribution is -2.44. The number of rotatable bonds is 6. The summed E-state index contributed by atoms with van der Waals surface area (Å²) in [7, 11) is 1.86. The fraction of sp³-hybridized carbons (Fsp3) is 0.458. The smallest absolute Gasteiger partial charge is 0.331 e. The summed E-state index contributed by atoms with van der Waals surface area (Å²) < 4.78 is 7.12. The summed E-state index contributed by atoms with van der Waals surface area (Å²) >= 11 is 0. The maximum Gasteiger partial charge on any atom is 0.331 e. The van der Waals surface area contributed by atoms with Gasteiger partial charge in [-0.15, -0.1) is 0 Å². The van der Waals surface area contributed by atoms with Crippen LogP contribution in [0.5, 0.6) is 0 Å². The van der Waals surface area contributed by atoms with Crippen LogP contribution in [0.25, 0.3) is 6.08 Å². The molecule has 1 aliphatic heterocycles. The van der Waals surface area contributed by atoms with Gasteiger partial charge in [0.2, 0.25) is 0 Å². The molecule has 0 spiro atoms. The Morgan fingerprint density at radius 1 is 1.20 bits per heavy atom. The number of ether oxygens (including phenoxy) is 1. The van der Waals surface area contributed by atoms with Crippen LogP contribution in [0.1, 0.15) is 42.3 Å². The van der Waals surface area contributed by atoms with E-state index >= 15 is 0 Å². The van der Waals surface area contributed by atoms with Crippen molar-refractivity contribution in [3.8, 4) is 0 Å². The quantitative estimate of drug-likeness (QED) is 0.541. The first-order chi connectivity index (χ1) is 14.3. The summed E-state index contributed by atoms with van der Waals surface area (Å²) in [6.45, 7) is 6.90. The Labute approximate surface area is 178 Å². The highest BCUT2D eigenvalue weighted by Gasteiger charge is 2.27. The Morgan fingerprint density at radius 2 is 1.87 bits per heavy atom. The monoisotopic (exact) mass is 409 g/mol. The molecule has 0 N–H and O–H groups in total. The summed E-state index contributed by atoms with van der Waals surface area (Å²) in [6.07, 6.45) is 5.27. The third-order valence-electron chi connectivity index (χ3n) is 5.89. The van der Waals surface area contributed by atoms with Crippen molar-refractivity contribution >= 4 is 18.0 Å². The number of benzene rings is 1. The second-order valence-electron chi connectivity index (χ2n) is 8.08.